The van der Waals surface area contributed by atoms with Crippen LogP contribution in [0, 0.1) is 13.8 Å². The summed E-state index contributed by atoms with van der Waals surface area (Å²) in [6.45, 7) is 8.43. The van der Waals surface area contributed by atoms with Gasteiger partial charge in [0.05, 0.1) is 29.6 Å². The molecule has 19 heavy (non-hydrogen) atoms. The van der Waals surface area contributed by atoms with Crippen molar-refractivity contribution in [2.45, 2.75) is 40.2 Å². The number of rotatable bonds is 2. The highest BCUT2D eigenvalue weighted by Gasteiger charge is 2.28. The topological polar surface area (TPSA) is 78.4 Å². The number of nitrogens with zero attached hydrogens (tertiary/aromatic N) is 2. The SMILES string of the molecule is COC(=O)c1c(C)nnc(C)c1C(=O)OC(C)(C)C. The first kappa shape index (κ1) is 15.1. The van der Waals surface area contributed by atoms with Gasteiger partial charge in [0.15, 0.2) is 0 Å². The van der Waals surface area contributed by atoms with E-state index in [0.29, 0.717) is 11.4 Å². The molecule has 0 saturated carbocycles. The number of methoxy groups -OCH3 is 1. The molecule has 0 N–H and O–H groups in total. The van der Waals surface area contributed by atoms with E-state index in [1.54, 1.807) is 34.6 Å². The molecule has 0 aliphatic rings. The summed E-state index contributed by atoms with van der Waals surface area (Å²) in [6, 6.07) is 0. The van der Waals surface area contributed by atoms with Gasteiger partial charge in [-0.1, -0.05) is 0 Å². The fraction of sp³-hybridized carbons (Fsp3) is 0.538. The van der Waals surface area contributed by atoms with E-state index in [4.69, 9.17) is 4.74 Å². The van der Waals surface area contributed by atoms with Crippen molar-refractivity contribution in [1.29, 1.82) is 0 Å². The van der Waals surface area contributed by atoms with Crippen LogP contribution < -0.4 is 0 Å². The normalized spacial score (nSPS) is 11.1. The molecule has 1 rings (SSSR count). The minimum absolute atomic E-state index is 0.101. The van der Waals surface area contributed by atoms with Gasteiger partial charge in [0.25, 0.3) is 0 Å². The van der Waals surface area contributed by atoms with Gasteiger partial charge in [0.1, 0.15) is 5.60 Å². The Kier molecular flexibility index (Phi) is 4.24. The summed E-state index contributed by atoms with van der Waals surface area (Å²) in [5, 5.41) is 7.68. The Balaban J connectivity index is 3.37. The molecule has 0 spiro atoms. The van der Waals surface area contributed by atoms with Crippen LogP contribution in [-0.4, -0.2) is 34.8 Å². The van der Waals surface area contributed by atoms with E-state index in [1.807, 2.05) is 0 Å². The molecular weight excluding hydrogens is 248 g/mol. The highest BCUT2D eigenvalue weighted by Crippen LogP contribution is 2.20. The molecule has 0 aliphatic heterocycles. The Hall–Kier alpha value is -1.98. The molecule has 1 aromatic rings. The molecule has 104 valence electrons. The molecule has 1 heterocycles. The van der Waals surface area contributed by atoms with Crippen LogP contribution in [0.5, 0.6) is 0 Å². The lowest BCUT2D eigenvalue weighted by molar-refractivity contribution is 0.00633. The molecule has 0 fully saturated rings. The largest absolute Gasteiger partial charge is 0.465 e. The number of carbonyl (C=O) groups is 2. The number of esters is 2. The van der Waals surface area contributed by atoms with Crippen molar-refractivity contribution < 1.29 is 19.1 Å². The van der Waals surface area contributed by atoms with Crippen molar-refractivity contribution in [1.82, 2.24) is 10.2 Å². The van der Waals surface area contributed by atoms with Gasteiger partial charge < -0.3 is 9.47 Å². The second-order valence-corrected chi connectivity index (χ2v) is 5.11. The van der Waals surface area contributed by atoms with Crippen molar-refractivity contribution in [3.05, 3.63) is 22.5 Å². The summed E-state index contributed by atoms with van der Waals surface area (Å²) in [4.78, 5) is 24.0. The average molecular weight is 266 g/mol. The Bertz CT molecular complexity index is 518. The highest BCUT2D eigenvalue weighted by molar-refractivity contribution is 6.04. The standard InChI is InChI=1S/C13H18N2O4/c1-7-9(11(16)18-6)10(8(2)15-14-7)12(17)19-13(3,4)5/h1-6H3. The van der Waals surface area contributed by atoms with E-state index < -0.39 is 17.5 Å². The minimum Gasteiger partial charge on any atom is -0.465 e. The zero-order valence-corrected chi connectivity index (χ0v) is 12.0. The Morgan fingerprint density at radius 2 is 1.37 bits per heavy atom. The maximum absolute atomic E-state index is 12.2. The van der Waals surface area contributed by atoms with Crippen LogP contribution in [0.3, 0.4) is 0 Å². The Morgan fingerprint density at radius 3 is 1.74 bits per heavy atom. The van der Waals surface area contributed by atoms with Gasteiger partial charge in [-0.05, 0) is 34.6 Å². The highest BCUT2D eigenvalue weighted by atomic mass is 16.6. The van der Waals surface area contributed by atoms with Crippen molar-refractivity contribution in [3.8, 4) is 0 Å². The van der Waals surface area contributed by atoms with Crippen LogP contribution in [0.2, 0.25) is 0 Å². The fourth-order valence-electron chi connectivity index (χ4n) is 1.54. The number of ether oxygens (including phenoxy) is 2. The monoisotopic (exact) mass is 266 g/mol. The first-order valence-electron chi connectivity index (χ1n) is 5.83. The van der Waals surface area contributed by atoms with E-state index >= 15 is 0 Å². The summed E-state index contributed by atoms with van der Waals surface area (Å²) in [5.74, 6) is -1.24. The number of aromatic nitrogens is 2. The van der Waals surface area contributed by atoms with Crippen LogP contribution in [-0.2, 0) is 9.47 Å². The van der Waals surface area contributed by atoms with Crippen LogP contribution >= 0.6 is 0 Å². The van der Waals surface area contributed by atoms with E-state index in [9.17, 15) is 9.59 Å². The number of carbonyl (C=O) groups excluding carboxylic acids is 2. The van der Waals surface area contributed by atoms with E-state index in [0.717, 1.165) is 0 Å². The summed E-state index contributed by atoms with van der Waals surface area (Å²) >= 11 is 0. The molecule has 0 radical (unpaired) electrons. The third kappa shape index (κ3) is 3.49. The lowest BCUT2D eigenvalue weighted by Gasteiger charge is -2.21. The number of hydrogen-bond donors (Lipinski definition) is 0. The molecule has 6 heteroatoms. The van der Waals surface area contributed by atoms with Crippen LogP contribution in [0.25, 0.3) is 0 Å². The molecule has 6 nitrogen and oxygen atoms in total. The van der Waals surface area contributed by atoms with Crippen molar-refractivity contribution in [3.63, 3.8) is 0 Å². The first-order valence-corrected chi connectivity index (χ1v) is 5.83. The predicted molar refractivity (Wildman–Crippen MR) is 68.0 cm³/mol. The van der Waals surface area contributed by atoms with Crippen molar-refractivity contribution in [2.24, 2.45) is 0 Å². The molecule has 0 aromatic carbocycles. The number of hydrogen-bond acceptors (Lipinski definition) is 6. The molecule has 0 atom stereocenters. The van der Waals surface area contributed by atoms with Crippen LogP contribution in [0.15, 0.2) is 0 Å². The van der Waals surface area contributed by atoms with E-state index in [2.05, 4.69) is 14.9 Å². The van der Waals surface area contributed by atoms with Gasteiger partial charge in [-0.2, -0.15) is 10.2 Å². The summed E-state index contributed by atoms with van der Waals surface area (Å²) in [5.41, 5.74) is 0.214. The molecule has 0 bridgehead atoms. The Labute approximate surface area is 112 Å². The van der Waals surface area contributed by atoms with Gasteiger partial charge in [-0.3, -0.25) is 0 Å². The zero-order chi connectivity index (χ0) is 14.8. The average Bonchev–Trinajstić information content (AvgIpc) is 2.28. The van der Waals surface area contributed by atoms with Gasteiger partial charge in [0, 0.05) is 0 Å². The molecule has 1 aromatic heterocycles. The van der Waals surface area contributed by atoms with Gasteiger partial charge in [0.2, 0.25) is 0 Å². The van der Waals surface area contributed by atoms with Crippen molar-refractivity contribution >= 4 is 11.9 Å². The molecule has 0 saturated heterocycles. The maximum atomic E-state index is 12.2. The molecule has 0 aliphatic carbocycles. The third-order valence-corrected chi connectivity index (χ3v) is 2.32. The van der Waals surface area contributed by atoms with Gasteiger partial charge in [-0.15, -0.1) is 0 Å². The first-order chi connectivity index (χ1) is 8.67. The summed E-state index contributed by atoms with van der Waals surface area (Å²) < 4.78 is 9.96. The van der Waals surface area contributed by atoms with Crippen molar-refractivity contribution in [2.75, 3.05) is 7.11 Å². The third-order valence-electron chi connectivity index (χ3n) is 2.32. The summed E-state index contributed by atoms with van der Waals surface area (Å²) in [6.07, 6.45) is 0. The lowest BCUT2D eigenvalue weighted by Crippen LogP contribution is -2.27. The Morgan fingerprint density at radius 1 is 0.947 bits per heavy atom. The fourth-order valence-corrected chi connectivity index (χ4v) is 1.54. The maximum Gasteiger partial charge on any atom is 0.341 e. The second kappa shape index (κ2) is 5.34. The molecular formula is C13H18N2O4. The quantitative estimate of drug-likeness (QED) is 0.760. The minimum atomic E-state index is -0.659. The second-order valence-electron chi connectivity index (χ2n) is 5.11. The van der Waals surface area contributed by atoms with Crippen LogP contribution in [0.1, 0.15) is 52.9 Å². The summed E-state index contributed by atoms with van der Waals surface area (Å²) in [7, 11) is 1.25. The zero-order valence-electron chi connectivity index (χ0n) is 12.0. The molecule has 0 unspecified atom stereocenters. The van der Waals surface area contributed by atoms with E-state index in [1.165, 1.54) is 7.11 Å². The number of aryl methyl sites for hydroxylation is 2. The van der Waals surface area contributed by atoms with Crippen LogP contribution in [0.4, 0.5) is 0 Å². The molecule has 0 amide bonds. The van der Waals surface area contributed by atoms with Gasteiger partial charge in [-0.25, -0.2) is 9.59 Å². The smallest absolute Gasteiger partial charge is 0.341 e. The van der Waals surface area contributed by atoms with E-state index in [-0.39, 0.29) is 11.1 Å². The lowest BCUT2D eigenvalue weighted by atomic mass is 10.1. The predicted octanol–water partition coefficient (Wildman–Crippen LogP) is 1.84. The van der Waals surface area contributed by atoms with Gasteiger partial charge >= 0.3 is 11.9 Å².